The molecular weight excluding hydrogens is 416 g/mol. The molecule has 0 saturated carbocycles. The Kier molecular flexibility index (Phi) is 5.55. The van der Waals surface area contributed by atoms with E-state index in [2.05, 4.69) is 109 Å². The normalized spacial score (nSPS) is 12.1. The molecule has 132 valence electrons. The van der Waals surface area contributed by atoms with Crippen LogP contribution in [0, 0.1) is 0 Å². The molecule has 4 aromatic carbocycles. The predicted octanol–water partition coefficient (Wildman–Crippen LogP) is 7.11. The topological polar surface area (TPSA) is 0 Å². The van der Waals surface area contributed by atoms with E-state index in [1.165, 1.54) is 44.5 Å². The number of benzene rings is 4. The van der Waals surface area contributed by atoms with Gasteiger partial charge in [0, 0.05) is 26.2 Å². The van der Waals surface area contributed by atoms with Crippen LogP contribution in [0.15, 0.2) is 103 Å². The van der Waals surface area contributed by atoms with Gasteiger partial charge in [-0.25, -0.2) is 0 Å². The van der Waals surface area contributed by atoms with E-state index >= 15 is 0 Å². The quantitative estimate of drug-likeness (QED) is 0.321. The number of rotatable bonds is 3. The molecule has 1 aliphatic carbocycles. The minimum Gasteiger partial charge on any atom is -0.0622 e. The number of fused-ring (bicyclic) bond motifs is 1. The van der Waals surface area contributed by atoms with E-state index in [1.807, 2.05) is 0 Å². The van der Waals surface area contributed by atoms with Crippen LogP contribution < -0.4 is 0 Å². The van der Waals surface area contributed by atoms with Gasteiger partial charge in [0.1, 0.15) is 0 Å². The molecule has 0 unspecified atom stereocenters. The van der Waals surface area contributed by atoms with Crippen molar-refractivity contribution in [3.05, 3.63) is 120 Å². The van der Waals surface area contributed by atoms with Gasteiger partial charge in [-0.05, 0) is 57.0 Å². The van der Waals surface area contributed by atoms with E-state index in [0.29, 0.717) is 0 Å². The van der Waals surface area contributed by atoms with Crippen LogP contribution in [0.25, 0.3) is 33.9 Å². The van der Waals surface area contributed by atoms with E-state index < -0.39 is 0 Å². The summed E-state index contributed by atoms with van der Waals surface area (Å²) in [7, 11) is 0. The van der Waals surface area contributed by atoms with Gasteiger partial charge in [0.25, 0.3) is 0 Å². The van der Waals surface area contributed by atoms with E-state index in [4.69, 9.17) is 0 Å². The fraction of sp³-hybridized carbons (Fsp3) is 0.0370. The van der Waals surface area contributed by atoms with Gasteiger partial charge in [-0.1, -0.05) is 103 Å². The maximum absolute atomic E-state index is 2.39. The minimum atomic E-state index is 0. The average molecular weight is 436 g/mol. The first-order valence-electron chi connectivity index (χ1n) is 9.43. The monoisotopic (exact) mass is 434 g/mol. The molecule has 0 bridgehead atoms. The average Bonchev–Trinajstić information content (AvgIpc) is 3.20. The maximum atomic E-state index is 2.39. The molecule has 1 aliphatic rings. The molecule has 0 radical (unpaired) electrons. The Balaban J connectivity index is 0.00000192. The molecule has 1 heteroatoms. The van der Waals surface area contributed by atoms with Gasteiger partial charge in [-0.15, -0.1) is 0 Å². The third-order valence-electron chi connectivity index (χ3n) is 5.36. The molecule has 0 N–H and O–H groups in total. The molecule has 0 aliphatic heterocycles. The van der Waals surface area contributed by atoms with Gasteiger partial charge in [0.2, 0.25) is 0 Å². The van der Waals surface area contributed by atoms with Crippen LogP contribution in [0.1, 0.15) is 16.7 Å². The number of hydrogen-bond donors (Lipinski definition) is 0. The van der Waals surface area contributed by atoms with Crippen molar-refractivity contribution in [2.45, 2.75) is 6.42 Å². The van der Waals surface area contributed by atoms with Gasteiger partial charge >= 0.3 is 0 Å². The van der Waals surface area contributed by atoms with Crippen LogP contribution in [0.5, 0.6) is 0 Å². The predicted molar refractivity (Wildman–Crippen MR) is 115 cm³/mol. The minimum absolute atomic E-state index is 0. The van der Waals surface area contributed by atoms with Crippen molar-refractivity contribution in [2.75, 3.05) is 0 Å². The summed E-state index contributed by atoms with van der Waals surface area (Å²) in [5.41, 5.74) is 10.7. The summed E-state index contributed by atoms with van der Waals surface area (Å²) in [4.78, 5) is 0. The fourth-order valence-electron chi connectivity index (χ4n) is 4.03. The van der Waals surface area contributed by atoms with Crippen LogP contribution in [0.4, 0.5) is 0 Å². The maximum Gasteiger partial charge on any atom is 0 e. The molecule has 0 saturated heterocycles. The van der Waals surface area contributed by atoms with Gasteiger partial charge in [0.05, 0.1) is 0 Å². The second-order valence-electron chi connectivity index (χ2n) is 7.00. The number of allylic oxidation sites excluding steroid dienone is 1. The molecular formula is C27H20Zr. The first kappa shape index (κ1) is 18.8. The van der Waals surface area contributed by atoms with Crippen molar-refractivity contribution in [1.29, 1.82) is 0 Å². The Morgan fingerprint density at radius 1 is 0.464 bits per heavy atom. The number of hydrogen-bond acceptors (Lipinski definition) is 0. The molecule has 0 amide bonds. The van der Waals surface area contributed by atoms with Crippen molar-refractivity contribution in [3.63, 3.8) is 0 Å². The zero-order valence-electron chi connectivity index (χ0n) is 15.6. The van der Waals surface area contributed by atoms with Crippen LogP contribution in [0.3, 0.4) is 0 Å². The standard InChI is InChI=1S/C27H20.Zr/c1-4-10-20(11-5-1)23-18-26-24(21-12-6-2-7-13-21)16-17-25(27(26)19-23)22-14-8-3-9-15-22;/h1-18H,19H2;. The van der Waals surface area contributed by atoms with Crippen molar-refractivity contribution in [3.8, 4) is 22.3 Å². The van der Waals surface area contributed by atoms with Crippen molar-refractivity contribution in [1.82, 2.24) is 0 Å². The van der Waals surface area contributed by atoms with Gasteiger partial charge in [-0.2, -0.15) is 0 Å². The summed E-state index contributed by atoms with van der Waals surface area (Å²) < 4.78 is 0. The largest absolute Gasteiger partial charge is 0.0622 e. The molecule has 4 aromatic rings. The van der Waals surface area contributed by atoms with Crippen LogP contribution in [-0.4, -0.2) is 0 Å². The van der Waals surface area contributed by atoms with Crippen molar-refractivity contribution in [2.24, 2.45) is 0 Å². The summed E-state index contributed by atoms with van der Waals surface area (Å²) in [6.07, 6.45) is 3.36. The van der Waals surface area contributed by atoms with Crippen LogP contribution in [0.2, 0.25) is 0 Å². The third-order valence-corrected chi connectivity index (χ3v) is 5.36. The van der Waals surface area contributed by atoms with Crippen LogP contribution >= 0.6 is 0 Å². The Hall–Kier alpha value is -2.50. The smallest absolute Gasteiger partial charge is 0 e. The Morgan fingerprint density at radius 2 is 0.929 bits per heavy atom. The van der Waals surface area contributed by atoms with E-state index in [0.717, 1.165) is 6.42 Å². The summed E-state index contributed by atoms with van der Waals surface area (Å²) in [5, 5.41) is 0. The summed E-state index contributed by atoms with van der Waals surface area (Å²) in [5.74, 6) is 0. The third kappa shape index (κ3) is 3.48. The second kappa shape index (κ2) is 8.25. The molecule has 0 aromatic heterocycles. The summed E-state index contributed by atoms with van der Waals surface area (Å²) in [6.45, 7) is 0. The fourth-order valence-corrected chi connectivity index (χ4v) is 4.03. The molecule has 0 nitrogen and oxygen atoms in total. The van der Waals surface area contributed by atoms with E-state index in [9.17, 15) is 0 Å². The molecule has 0 fully saturated rings. The Labute approximate surface area is 185 Å². The van der Waals surface area contributed by atoms with Crippen LogP contribution in [-0.2, 0) is 32.6 Å². The Bertz CT molecular complexity index is 1110. The summed E-state index contributed by atoms with van der Waals surface area (Å²) in [6, 6.07) is 36.7. The summed E-state index contributed by atoms with van der Waals surface area (Å²) >= 11 is 0. The van der Waals surface area contributed by atoms with Crippen molar-refractivity contribution >= 4 is 11.6 Å². The molecule has 0 atom stereocenters. The van der Waals surface area contributed by atoms with Gasteiger partial charge in [0.15, 0.2) is 0 Å². The molecule has 0 heterocycles. The molecule has 5 rings (SSSR count). The molecule has 0 spiro atoms. The van der Waals surface area contributed by atoms with Gasteiger partial charge in [-0.3, -0.25) is 0 Å². The first-order chi connectivity index (χ1) is 13.4. The van der Waals surface area contributed by atoms with E-state index in [-0.39, 0.29) is 26.2 Å². The first-order valence-corrected chi connectivity index (χ1v) is 9.43. The van der Waals surface area contributed by atoms with E-state index in [1.54, 1.807) is 0 Å². The zero-order chi connectivity index (χ0) is 18.1. The SMILES string of the molecule is C1=C(c2ccccc2)Cc2c(-c3ccccc3)ccc(-c3ccccc3)c21.[Zr]. The zero-order valence-corrected chi connectivity index (χ0v) is 18.1. The van der Waals surface area contributed by atoms with Gasteiger partial charge < -0.3 is 0 Å². The van der Waals surface area contributed by atoms with Crippen molar-refractivity contribution < 1.29 is 26.2 Å². The second-order valence-corrected chi connectivity index (χ2v) is 7.00. The molecule has 28 heavy (non-hydrogen) atoms. The Morgan fingerprint density at radius 3 is 1.50 bits per heavy atom.